The first kappa shape index (κ1) is 17.2. The van der Waals surface area contributed by atoms with E-state index in [1.54, 1.807) is 6.07 Å². The molecule has 0 aliphatic rings. The van der Waals surface area contributed by atoms with E-state index in [1.807, 2.05) is 48.8 Å². The van der Waals surface area contributed by atoms with Crippen molar-refractivity contribution in [1.29, 1.82) is 0 Å². The van der Waals surface area contributed by atoms with E-state index in [9.17, 15) is 10.2 Å². The lowest BCUT2D eigenvalue weighted by Gasteiger charge is -2.10. The normalized spacial score (nSPS) is 11.8. The largest absolute Gasteiger partial charge is 0.508 e. The molecule has 5 aromatic rings. The van der Waals surface area contributed by atoms with E-state index in [1.165, 1.54) is 0 Å². The monoisotopic (exact) mass is 390 g/mol. The van der Waals surface area contributed by atoms with Crippen molar-refractivity contribution in [2.45, 2.75) is 13.0 Å². The highest BCUT2D eigenvalue weighted by atomic mass is 35.5. The second-order valence-corrected chi connectivity index (χ2v) is 7.42. The first-order valence-corrected chi connectivity index (χ1v) is 9.67. The topological polar surface area (TPSA) is 61.2 Å². The predicted octanol–water partition coefficient (Wildman–Crippen LogP) is 5.68. The number of aromatic amines is 1. The van der Waals surface area contributed by atoms with Crippen LogP contribution in [0.25, 0.3) is 43.7 Å². The third kappa shape index (κ3) is 2.49. The first-order valence-electron chi connectivity index (χ1n) is 9.29. The van der Waals surface area contributed by atoms with Gasteiger partial charge in [0.05, 0.1) is 5.52 Å². The summed E-state index contributed by atoms with van der Waals surface area (Å²) < 4.78 is 2.22. The molecule has 0 atom stereocenters. The van der Waals surface area contributed by atoms with Crippen molar-refractivity contribution in [1.82, 2.24) is 9.55 Å². The van der Waals surface area contributed by atoms with Gasteiger partial charge in [-0.05, 0) is 42.3 Å². The van der Waals surface area contributed by atoms with Gasteiger partial charge >= 0.3 is 0 Å². The fourth-order valence-corrected chi connectivity index (χ4v) is 4.41. The number of rotatable bonds is 4. The van der Waals surface area contributed by atoms with Crippen molar-refractivity contribution in [3.63, 3.8) is 0 Å². The standard InChI is InChI=1S/C23H19ClN2O2/c24-20-5-2-1-4-15(20)16-11-22-23(19-13-25-12-18(16)19)17-10-14(28)6-7-21(17)26(22)8-3-9-27/h1-2,4-7,10-13,25,27-28H,3,8-9H2. The van der Waals surface area contributed by atoms with Crippen LogP contribution in [0.1, 0.15) is 6.42 Å². The molecule has 5 rings (SSSR count). The molecule has 0 fully saturated rings. The van der Waals surface area contributed by atoms with Crippen molar-refractivity contribution in [3.05, 3.63) is 65.9 Å². The maximum absolute atomic E-state index is 10.1. The van der Waals surface area contributed by atoms with Gasteiger partial charge in [0, 0.05) is 63.2 Å². The number of aromatic nitrogens is 2. The molecule has 5 heteroatoms. The van der Waals surface area contributed by atoms with Crippen molar-refractivity contribution in [3.8, 4) is 16.9 Å². The molecule has 3 N–H and O–H groups in total. The second-order valence-electron chi connectivity index (χ2n) is 7.01. The van der Waals surface area contributed by atoms with Crippen LogP contribution in [0.5, 0.6) is 5.75 Å². The molecule has 0 spiro atoms. The van der Waals surface area contributed by atoms with Crippen molar-refractivity contribution in [2.75, 3.05) is 6.61 Å². The number of halogens is 1. The van der Waals surface area contributed by atoms with Gasteiger partial charge < -0.3 is 19.8 Å². The summed E-state index contributed by atoms with van der Waals surface area (Å²) in [4.78, 5) is 3.24. The summed E-state index contributed by atoms with van der Waals surface area (Å²) >= 11 is 6.52. The third-order valence-corrected chi connectivity index (χ3v) is 5.71. The molecule has 3 aromatic carbocycles. The number of aryl methyl sites for hydroxylation is 1. The number of fused-ring (bicyclic) bond motifs is 5. The van der Waals surface area contributed by atoms with Crippen molar-refractivity contribution < 1.29 is 10.2 Å². The Morgan fingerprint density at radius 2 is 1.71 bits per heavy atom. The highest BCUT2D eigenvalue weighted by molar-refractivity contribution is 6.34. The maximum atomic E-state index is 10.1. The van der Waals surface area contributed by atoms with E-state index in [4.69, 9.17) is 11.6 Å². The molecule has 0 amide bonds. The molecule has 0 saturated carbocycles. The number of aliphatic hydroxyl groups is 1. The smallest absolute Gasteiger partial charge is 0.116 e. The van der Waals surface area contributed by atoms with Crippen LogP contribution < -0.4 is 0 Å². The summed E-state index contributed by atoms with van der Waals surface area (Å²) in [6, 6.07) is 15.5. The molecule has 0 radical (unpaired) electrons. The average Bonchev–Trinajstić information content (AvgIpc) is 3.28. The molecule has 0 unspecified atom stereocenters. The molecule has 0 aliphatic carbocycles. The van der Waals surface area contributed by atoms with Crippen LogP contribution in [-0.4, -0.2) is 26.4 Å². The Labute approximate surface area is 166 Å². The van der Waals surface area contributed by atoms with E-state index >= 15 is 0 Å². The molecule has 28 heavy (non-hydrogen) atoms. The van der Waals surface area contributed by atoms with Crippen molar-refractivity contribution in [2.24, 2.45) is 0 Å². The molecular weight excluding hydrogens is 372 g/mol. The lowest BCUT2D eigenvalue weighted by atomic mass is 9.97. The third-order valence-electron chi connectivity index (χ3n) is 5.38. The number of aliphatic hydroxyl groups excluding tert-OH is 1. The number of hydrogen-bond donors (Lipinski definition) is 3. The maximum Gasteiger partial charge on any atom is 0.116 e. The highest BCUT2D eigenvalue weighted by Gasteiger charge is 2.18. The summed E-state index contributed by atoms with van der Waals surface area (Å²) in [5.41, 5.74) is 4.15. The van der Waals surface area contributed by atoms with Crippen LogP contribution >= 0.6 is 11.6 Å². The predicted molar refractivity (Wildman–Crippen MR) is 115 cm³/mol. The van der Waals surface area contributed by atoms with Gasteiger partial charge in [-0.15, -0.1) is 0 Å². The number of nitrogens with zero attached hydrogens (tertiary/aromatic N) is 1. The molecule has 2 heterocycles. The average molecular weight is 391 g/mol. The number of aromatic hydroxyl groups is 1. The minimum Gasteiger partial charge on any atom is -0.508 e. The summed E-state index contributed by atoms with van der Waals surface area (Å²) in [6.07, 6.45) is 4.65. The number of nitrogens with one attached hydrogen (secondary N) is 1. The Morgan fingerprint density at radius 1 is 0.893 bits per heavy atom. The fraction of sp³-hybridized carbons (Fsp3) is 0.130. The van der Waals surface area contributed by atoms with E-state index < -0.39 is 0 Å². The molecule has 0 bridgehead atoms. The van der Waals surface area contributed by atoms with Gasteiger partial charge in [0.25, 0.3) is 0 Å². The van der Waals surface area contributed by atoms with Crippen molar-refractivity contribution >= 4 is 44.2 Å². The van der Waals surface area contributed by atoms with E-state index in [2.05, 4.69) is 15.6 Å². The van der Waals surface area contributed by atoms with Crippen LogP contribution in [0.3, 0.4) is 0 Å². The van der Waals surface area contributed by atoms with Crippen LogP contribution in [0.15, 0.2) is 60.9 Å². The number of phenolic OH excluding ortho intramolecular Hbond substituents is 1. The molecular formula is C23H19ClN2O2. The molecule has 0 aliphatic heterocycles. The molecule has 4 nitrogen and oxygen atoms in total. The van der Waals surface area contributed by atoms with E-state index in [0.29, 0.717) is 18.0 Å². The Kier molecular flexibility index (Phi) is 4.04. The van der Waals surface area contributed by atoms with Gasteiger partial charge in [-0.25, -0.2) is 0 Å². The van der Waals surface area contributed by atoms with Crippen LogP contribution in [-0.2, 0) is 6.54 Å². The zero-order valence-corrected chi connectivity index (χ0v) is 15.9. The quantitative estimate of drug-likeness (QED) is 0.369. The van der Waals surface area contributed by atoms with Gasteiger partial charge in [-0.1, -0.05) is 29.8 Å². The lowest BCUT2D eigenvalue weighted by Crippen LogP contribution is -2.00. The van der Waals surface area contributed by atoms with Crippen LogP contribution in [0, 0.1) is 0 Å². The second kappa shape index (κ2) is 6.59. The zero-order valence-electron chi connectivity index (χ0n) is 15.1. The number of hydrogen-bond acceptors (Lipinski definition) is 2. The molecule has 140 valence electrons. The molecule has 0 saturated heterocycles. The fourth-order valence-electron chi connectivity index (χ4n) is 4.18. The summed E-state index contributed by atoms with van der Waals surface area (Å²) in [5, 5.41) is 24.5. The summed E-state index contributed by atoms with van der Waals surface area (Å²) in [7, 11) is 0. The lowest BCUT2D eigenvalue weighted by molar-refractivity contribution is 0.281. The highest BCUT2D eigenvalue weighted by Crippen LogP contribution is 2.42. The first-order chi connectivity index (χ1) is 13.7. The van der Waals surface area contributed by atoms with Crippen LogP contribution in [0.2, 0.25) is 5.02 Å². The van der Waals surface area contributed by atoms with Gasteiger partial charge in [0.1, 0.15) is 5.75 Å². The minimum atomic E-state index is 0.128. The zero-order chi connectivity index (χ0) is 19.3. The number of benzene rings is 3. The summed E-state index contributed by atoms with van der Waals surface area (Å²) in [5.74, 6) is 0.243. The van der Waals surface area contributed by atoms with E-state index in [0.717, 1.165) is 43.7 Å². The Hall–Kier alpha value is -2.95. The van der Waals surface area contributed by atoms with Gasteiger partial charge in [-0.2, -0.15) is 0 Å². The number of H-pyrrole nitrogens is 1. The summed E-state index contributed by atoms with van der Waals surface area (Å²) in [6.45, 7) is 0.822. The van der Waals surface area contributed by atoms with Gasteiger partial charge in [-0.3, -0.25) is 0 Å². The Bertz CT molecular complexity index is 1330. The SMILES string of the molecule is OCCCn1c2ccc(O)cc2c2c3c[nH]cc3c(-c3ccccc3Cl)cc21. The van der Waals surface area contributed by atoms with Gasteiger partial charge in [0.15, 0.2) is 0 Å². The Morgan fingerprint density at radius 3 is 2.54 bits per heavy atom. The van der Waals surface area contributed by atoms with Crippen LogP contribution in [0.4, 0.5) is 0 Å². The number of phenols is 1. The van der Waals surface area contributed by atoms with Gasteiger partial charge in [0.2, 0.25) is 0 Å². The molecule has 2 aromatic heterocycles. The van der Waals surface area contributed by atoms with E-state index in [-0.39, 0.29) is 12.4 Å². The Balaban J connectivity index is 1.95. The minimum absolute atomic E-state index is 0.128.